The van der Waals surface area contributed by atoms with Crippen LogP contribution in [-0.4, -0.2) is 123 Å². The molecule has 2 aliphatic heterocycles. The Labute approximate surface area is 446 Å². The Hall–Kier alpha value is -8.52. The SMILES string of the molecule is CNS(=O)(=O)c1ccc2nc(-c3cc(OC)c(O)c(OC4OCC4(C)n4c(-c5cc(OC)c(O)c(OC6CC(n7c(-c8cc(OC)c(O)c(O)c8F)nc8ccccc87)C6)c5F)nc5ncccc54)c3F)n(C3(C)COC3)c2c1. The van der Waals surface area contributed by atoms with Gasteiger partial charge in [0.25, 0.3) is 0 Å². The minimum Gasteiger partial charge on any atom is -0.502 e. The van der Waals surface area contributed by atoms with Gasteiger partial charge in [0.05, 0.1) is 95.9 Å². The maximum Gasteiger partial charge on any atom is 0.240 e. The highest BCUT2D eigenvalue weighted by molar-refractivity contribution is 7.89. The molecule has 6 heterocycles. The zero-order valence-electron chi connectivity index (χ0n) is 42.9. The third-order valence-electron chi connectivity index (χ3n) is 15.0. The molecule has 21 nitrogen and oxygen atoms in total. The number of hydrogen-bond acceptors (Lipinski definition) is 17. The summed E-state index contributed by atoms with van der Waals surface area (Å²) >= 11 is 0. The van der Waals surface area contributed by atoms with Crippen molar-refractivity contribution in [1.82, 2.24) is 38.4 Å². The van der Waals surface area contributed by atoms with Crippen molar-refractivity contribution in [2.45, 2.75) is 61.1 Å². The van der Waals surface area contributed by atoms with Crippen LogP contribution in [0.15, 0.2) is 83.9 Å². The molecule has 3 fully saturated rings. The first-order valence-electron chi connectivity index (χ1n) is 24.6. The fraction of sp³-hybridized carbons (Fsp3) is 0.296. The van der Waals surface area contributed by atoms with Crippen LogP contribution in [0.2, 0.25) is 0 Å². The number of ether oxygens (including phenoxy) is 7. The minimum atomic E-state index is -3.91. The second-order valence-electron chi connectivity index (χ2n) is 19.9. The number of hydrogen-bond donors (Lipinski definition) is 5. The summed E-state index contributed by atoms with van der Waals surface area (Å²) in [5.74, 6) is -8.08. The largest absolute Gasteiger partial charge is 0.502 e. The van der Waals surface area contributed by atoms with Gasteiger partial charge in [-0.1, -0.05) is 12.1 Å². The van der Waals surface area contributed by atoms with Gasteiger partial charge in [0.1, 0.15) is 29.1 Å². The van der Waals surface area contributed by atoms with Crippen molar-refractivity contribution >= 4 is 43.3 Å². The first kappa shape index (κ1) is 51.2. The van der Waals surface area contributed by atoms with E-state index in [1.807, 2.05) is 6.92 Å². The predicted molar refractivity (Wildman–Crippen MR) is 277 cm³/mol. The van der Waals surface area contributed by atoms with Crippen molar-refractivity contribution in [3.8, 4) is 85.9 Å². The summed E-state index contributed by atoms with van der Waals surface area (Å²) in [7, 11) is 1.19. The maximum atomic E-state index is 17.6. The van der Waals surface area contributed by atoms with Crippen LogP contribution >= 0.6 is 0 Å². The Bertz CT molecular complexity index is 4100. The standard InChI is InChI=1S/C54H49F3N8O13S/c1-53(22-75-23-53)64-35-18-27(79(70,71)58-3)13-14-32(35)61-50(64)29-20-38(74-6)44(68)47(41(29)57)78-52-54(2,24-76-52)65-34-12-9-15-59-48(34)62-51(65)30-21-37(73-5)43(67)46(40(30)56)77-26-16-25(17-26)63-33-11-8-7-10-31(33)60-49(63)28-19-36(72-4)42(66)45(69)39(28)55/h7-15,18-21,25-26,52,58,66-69H,16-17,22-24H2,1-6H3. The number of phenols is 4. The highest BCUT2D eigenvalue weighted by atomic mass is 32.2. The Balaban J connectivity index is 0.901. The molecule has 3 aliphatic rings. The molecule has 410 valence electrons. The summed E-state index contributed by atoms with van der Waals surface area (Å²) in [6.07, 6.45) is -0.245. The molecule has 12 rings (SSSR count). The van der Waals surface area contributed by atoms with Crippen LogP contribution in [0.4, 0.5) is 13.2 Å². The zero-order chi connectivity index (χ0) is 55.6. The maximum absolute atomic E-state index is 17.6. The van der Waals surface area contributed by atoms with Gasteiger partial charge in [0.15, 0.2) is 46.1 Å². The highest BCUT2D eigenvalue weighted by Crippen LogP contribution is 2.52. The van der Waals surface area contributed by atoms with Gasteiger partial charge in [-0.05, 0) is 81.6 Å². The minimum absolute atomic E-state index is 0.0468. The first-order valence-corrected chi connectivity index (χ1v) is 26.1. The molecule has 1 aliphatic carbocycles. The Morgan fingerprint density at radius 2 is 1.24 bits per heavy atom. The van der Waals surface area contributed by atoms with E-state index in [9.17, 15) is 28.8 Å². The van der Waals surface area contributed by atoms with E-state index in [-0.39, 0.29) is 94.6 Å². The molecule has 0 radical (unpaired) electrons. The lowest BCUT2D eigenvalue weighted by Gasteiger charge is -2.47. The number of phenolic OH excluding ortho intramolecular Hbond substituents is 4. The van der Waals surface area contributed by atoms with E-state index < -0.39 is 91.5 Å². The molecule has 2 saturated heterocycles. The van der Waals surface area contributed by atoms with Crippen molar-refractivity contribution in [1.29, 1.82) is 0 Å². The van der Waals surface area contributed by atoms with Crippen molar-refractivity contribution in [3.63, 3.8) is 0 Å². The van der Waals surface area contributed by atoms with E-state index in [1.54, 1.807) is 57.0 Å². The number of pyridine rings is 1. The zero-order valence-corrected chi connectivity index (χ0v) is 43.7. The Morgan fingerprint density at radius 1 is 0.658 bits per heavy atom. The third kappa shape index (κ3) is 7.79. The summed E-state index contributed by atoms with van der Waals surface area (Å²) in [4.78, 5) is 18.6. The molecule has 0 amide bonds. The number of nitrogens with zero attached hydrogens (tertiary/aromatic N) is 7. The van der Waals surface area contributed by atoms with E-state index >= 15 is 13.2 Å². The average molecular weight is 1110 g/mol. The number of halogens is 3. The second kappa shape index (κ2) is 18.6. The molecule has 9 aromatic rings. The summed E-state index contributed by atoms with van der Waals surface area (Å²) in [6.45, 7) is 3.79. The van der Waals surface area contributed by atoms with Crippen LogP contribution in [0.5, 0.6) is 51.7 Å². The first-order chi connectivity index (χ1) is 37.8. The van der Waals surface area contributed by atoms with Crippen LogP contribution in [-0.2, 0) is 30.6 Å². The van der Waals surface area contributed by atoms with E-state index in [0.29, 0.717) is 27.6 Å². The van der Waals surface area contributed by atoms with Crippen molar-refractivity contribution in [3.05, 3.63) is 96.4 Å². The lowest BCUT2D eigenvalue weighted by molar-refractivity contribution is -0.255. The number of para-hydroxylation sites is 2. The summed E-state index contributed by atoms with van der Waals surface area (Å²) < 4.78 is 125. The molecule has 25 heteroatoms. The average Bonchev–Trinajstić information content (AvgIpc) is 4.20. The highest BCUT2D eigenvalue weighted by Gasteiger charge is 2.52. The van der Waals surface area contributed by atoms with E-state index in [0.717, 1.165) is 0 Å². The molecule has 4 aromatic heterocycles. The molecule has 1 saturated carbocycles. The number of aromatic hydroxyl groups is 4. The van der Waals surface area contributed by atoms with Crippen LogP contribution in [0.3, 0.4) is 0 Å². The van der Waals surface area contributed by atoms with Gasteiger partial charge in [0, 0.05) is 25.1 Å². The number of rotatable bonds is 15. The predicted octanol–water partition coefficient (Wildman–Crippen LogP) is 7.98. The monoisotopic (exact) mass is 1110 g/mol. The number of methoxy groups -OCH3 is 3. The molecule has 2 atom stereocenters. The number of fused-ring (bicyclic) bond motifs is 3. The third-order valence-corrected chi connectivity index (χ3v) is 16.4. The lowest BCUT2D eigenvalue weighted by atomic mass is 9.88. The molecular formula is C54H49F3N8O13S. The molecule has 5 aromatic carbocycles. The number of benzene rings is 5. The van der Waals surface area contributed by atoms with Crippen molar-refractivity contribution in [2.24, 2.45) is 0 Å². The normalized spacial score (nSPS) is 19.7. The van der Waals surface area contributed by atoms with Gasteiger partial charge in [0.2, 0.25) is 45.1 Å². The Morgan fingerprint density at radius 3 is 1.85 bits per heavy atom. The fourth-order valence-electron chi connectivity index (χ4n) is 10.6. The number of aromatic nitrogens is 7. The molecule has 5 N–H and O–H groups in total. The fourth-order valence-corrected chi connectivity index (χ4v) is 11.4. The topological polar surface area (TPSA) is 258 Å². The summed E-state index contributed by atoms with van der Waals surface area (Å²) in [5, 5.41) is 44.0. The second-order valence-corrected chi connectivity index (χ2v) is 21.8. The molecule has 0 bridgehead atoms. The van der Waals surface area contributed by atoms with E-state index in [2.05, 4.69) is 14.7 Å². The van der Waals surface area contributed by atoms with Crippen LogP contribution < -0.4 is 28.4 Å². The van der Waals surface area contributed by atoms with Gasteiger partial charge in [-0.2, -0.15) is 0 Å². The van der Waals surface area contributed by atoms with Crippen LogP contribution in [0.25, 0.3) is 67.4 Å². The van der Waals surface area contributed by atoms with Gasteiger partial charge in [-0.3, -0.25) is 0 Å². The number of sulfonamides is 1. The molecule has 0 spiro atoms. The van der Waals surface area contributed by atoms with E-state index in [4.69, 9.17) is 43.1 Å². The number of imidazole rings is 3. The van der Waals surface area contributed by atoms with Crippen molar-refractivity contribution < 1.29 is 75.2 Å². The number of nitrogens with one attached hydrogen (secondary N) is 1. The Kier molecular flexibility index (Phi) is 12.0. The van der Waals surface area contributed by atoms with Crippen LogP contribution in [0, 0.1) is 17.5 Å². The molecule has 79 heavy (non-hydrogen) atoms. The van der Waals surface area contributed by atoms with Gasteiger partial charge in [-0.15, -0.1) is 0 Å². The summed E-state index contributed by atoms with van der Waals surface area (Å²) in [6, 6.07) is 18.0. The van der Waals surface area contributed by atoms with Crippen LogP contribution in [0.1, 0.15) is 32.7 Å². The lowest BCUT2D eigenvalue weighted by Crippen LogP contribution is -2.60. The van der Waals surface area contributed by atoms with E-state index in [1.165, 1.54) is 71.0 Å². The molecule has 2 unspecified atom stereocenters. The van der Waals surface area contributed by atoms with Crippen molar-refractivity contribution in [2.75, 3.05) is 48.2 Å². The van der Waals surface area contributed by atoms with Gasteiger partial charge in [-0.25, -0.2) is 46.2 Å². The van der Waals surface area contributed by atoms with Gasteiger partial charge >= 0.3 is 0 Å². The van der Waals surface area contributed by atoms with Gasteiger partial charge < -0.3 is 67.3 Å². The quantitative estimate of drug-likeness (QED) is 0.0610. The molecular weight excluding hydrogens is 1060 g/mol. The summed E-state index contributed by atoms with van der Waals surface area (Å²) in [5.41, 5.74) is -0.370. The smallest absolute Gasteiger partial charge is 0.240 e.